The van der Waals surface area contributed by atoms with Gasteiger partial charge in [0.2, 0.25) is 5.91 Å². The van der Waals surface area contributed by atoms with Crippen molar-refractivity contribution in [3.05, 3.63) is 34.1 Å². The first-order chi connectivity index (χ1) is 13.0. The Morgan fingerprint density at radius 2 is 2.00 bits per heavy atom. The maximum atomic E-state index is 13.7. The molecule has 7 nitrogen and oxygen atoms in total. The lowest BCUT2D eigenvalue weighted by atomic mass is 10.2. The Morgan fingerprint density at radius 3 is 2.61 bits per heavy atom. The summed E-state index contributed by atoms with van der Waals surface area (Å²) in [5.74, 6) is 0.384. The second-order valence-corrected chi connectivity index (χ2v) is 7.11. The van der Waals surface area contributed by atoms with Gasteiger partial charge in [-0.15, -0.1) is 24.0 Å². The molecule has 1 aromatic carbocycles. The first-order valence-corrected chi connectivity index (χ1v) is 9.70. The predicted octanol–water partition coefficient (Wildman–Crippen LogP) is 1.66. The number of methoxy groups -OCH3 is 1. The quantitative estimate of drug-likeness (QED) is 0.225. The van der Waals surface area contributed by atoms with E-state index in [1.165, 1.54) is 0 Å². The standard InChI is InChI=1S/C18H27BrFN5O2.HI/c1-21-18(23-12-17(26)22-5-10-27-2)25-8-6-24(7-9-25)13-14-3-4-15(19)16(20)11-14;/h3-4,11H,5-10,12-13H2,1-2H3,(H,21,23)(H,22,26);1H. The molecule has 10 heteroatoms. The summed E-state index contributed by atoms with van der Waals surface area (Å²) in [6, 6.07) is 5.24. The molecule has 2 N–H and O–H groups in total. The van der Waals surface area contributed by atoms with Crippen LogP contribution in [0.4, 0.5) is 4.39 Å². The molecule has 0 aromatic heterocycles. The van der Waals surface area contributed by atoms with Crippen molar-refractivity contribution < 1.29 is 13.9 Å². The Kier molecular flexibility index (Phi) is 11.9. The first-order valence-electron chi connectivity index (χ1n) is 8.91. The zero-order valence-electron chi connectivity index (χ0n) is 16.2. The third-order valence-corrected chi connectivity index (χ3v) is 4.95. The highest BCUT2D eigenvalue weighted by Crippen LogP contribution is 2.18. The maximum Gasteiger partial charge on any atom is 0.239 e. The van der Waals surface area contributed by atoms with Crippen LogP contribution in [0.5, 0.6) is 0 Å². The number of rotatable bonds is 7. The van der Waals surface area contributed by atoms with E-state index < -0.39 is 0 Å². The summed E-state index contributed by atoms with van der Waals surface area (Å²) in [5.41, 5.74) is 0.958. The third-order valence-electron chi connectivity index (χ3n) is 4.31. The fourth-order valence-electron chi connectivity index (χ4n) is 2.86. The molecule has 0 spiro atoms. The van der Waals surface area contributed by atoms with Gasteiger partial charge in [0, 0.05) is 53.4 Å². The van der Waals surface area contributed by atoms with Crippen molar-refractivity contribution in [2.45, 2.75) is 6.54 Å². The summed E-state index contributed by atoms with van der Waals surface area (Å²) in [5, 5.41) is 5.86. The minimum Gasteiger partial charge on any atom is -0.383 e. The SMILES string of the molecule is CN=C(NCC(=O)NCCOC)N1CCN(Cc2ccc(Br)c(F)c2)CC1.I. The van der Waals surface area contributed by atoms with E-state index in [1.54, 1.807) is 26.3 Å². The Hall–Kier alpha value is -0.980. The van der Waals surface area contributed by atoms with Crippen LogP contribution in [0.15, 0.2) is 27.7 Å². The van der Waals surface area contributed by atoms with Gasteiger partial charge in [-0.25, -0.2) is 4.39 Å². The number of amides is 1. The van der Waals surface area contributed by atoms with Crippen LogP contribution < -0.4 is 10.6 Å². The monoisotopic (exact) mass is 571 g/mol. The summed E-state index contributed by atoms with van der Waals surface area (Å²) in [4.78, 5) is 20.5. The average molecular weight is 572 g/mol. The number of hydrogen-bond acceptors (Lipinski definition) is 4. The van der Waals surface area contributed by atoms with Crippen molar-refractivity contribution in [1.82, 2.24) is 20.4 Å². The highest BCUT2D eigenvalue weighted by Gasteiger charge is 2.20. The fourth-order valence-corrected chi connectivity index (χ4v) is 3.11. The Labute approximate surface area is 191 Å². The van der Waals surface area contributed by atoms with Crippen LogP contribution in [0.2, 0.25) is 0 Å². The average Bonchev–Trinajstić information content (AvgIpc) is 2.66. The number of nitrogens with zero attached hydrogens (tertiary/aromatic N) is 3. The predicted molar refractivity (Wildman–Crippen MR) is 123 cm³/mol. The zero-order chi connectivity index (χ0) is 19.6. The molecular formula is C18H28BrFIN5O2. The third kappa shape index (κ3) is 8.18. The van der Waals surface area contributed by atoms with E-state index in [0.717, 1.165) is 31.7 Å². The van der Waals surface area contributed by atoms with Crippen LogP contribution in [0.1, 0.15) is 5.56 Å². The maximum absolute atomic E-state index is 13.7. The van der Waals surface area contributed by atoms with Crippen LogP contribution in [-0.2, 0) is 16.1 Å². The highest BCUT2D eigenvalue weighted by molar-refractivity contribution is 14.0. The van der Waals surface area contributed by atoms with E-state index in [2.05, 4.69) is 41.4 Å². The molecule has 2 rings (SSSR count). The summed E-state index contributed by atoms with van der Waals surface area (Å²) >= 11 is 3.18. The molecule has 28 heavy (non-hydrogen) atoms. The van der Waals surface area contributed by atoms with Crippen LogP contribution >= 0.6 is 39.9 Å². The topological polar surface area (TPSA) is 69.2 Å². The normalized spacial score (nSPS) is 15.1. The number of aliphatic imine (C=N–C) groups is 1. The lowest BCUT2D eigenvalue weighted by molar-refractivity contribution is -0.120. The van der Waals surface area contributed by atoms with E-state index in [-0.39, 0.29) is 42.2 Å². The molecule has 0 atom stereocenters. The summed E-state index contributed by atoms with van der Waals surface area (Å²) in [6.45, 7) is 5.15. The molecular weight excluding hydrogens is 544 g/mol. The van der Waals surface area contributed by atoms with Gasteiger partial charge in [-0.2, -0.15) is 0 Å². The molecule has 1 aliphatic rings. The van der Waals surface area contributed by atoms with E-state index in [4.69, 9.17) is 4.74 Å². The van der Waals surface area contributed by atoms with Crippen molar-refractivity contribution in [2.75, 3.05) is 60.0 Å². The Bertz CT molecular complexity index is 657. The number of halogens is 3. The molecule has 0 unspecified atom stereocenters. The van der Waals surface area contributed by atoms with E-state index in [0.29, 0.717) is 30.1 Å². The minimum atomic E-state index is -0.237. The molecule has 1 saturated heterocycles. The number of guanidine groups is 1. The highest BCUT2D eigenvalue weighted by atomic mass is 127. The van der Waals surface area contributed by atoms with Crippen molar-refractivity contribution >= 4 is 51.8 Å². The number of ether oxygens (including phenoxy) is 1. The first kappa shape index (κ1) is 25.1. The van der Waals surface area contributed by atoms with Gasteiger partial charge < -0.3 is 20.3 Å². The molecule has 158 valence electrons. The second-order valence-electron chi connectivity index (χ2n) is 6.26. The van der Waals surface area contributed by atoms with Gasteiger partial charge in [0.15, 0.2) is 5.96 Å². The van der Waals surface area contributed by atoms with Crippen molar-refractivity contribution in [3.8, 4) is 0 Å². The van der Waals surface area contributed by atoms with Gasteiger partial charge in [-0.1, -0.05) is 6.07 Å². The van der Waals surface area contributed by atoms with Crippen LogP contribution in [0, 0.1) is 5.82 Å². The summed E-state index contributed by atoms with van der Waals surface area (Å²) in [7, 11) is 3.31. The summed E-state index contributed by atoms with van der Waals surface area (Å²) < 4.78 is 19.0. The fraction of sp³-hybridized carbons (Fsp3) is 0.556. The van der Waals surface area contributed by atoms with Gasteiger partial charge in [-0.3, -0.25) is 14.7 Å². The minimum absolute atomic E-state index is 0. The van der Waals surface area contributed by atoms with Crippen molar-refractivity contribution in [2.24, 2.45) is 4.99 Å². The Morgan fingerprint density at radius 1 is 1.29 bits per heavy atom. The van der Waals surface area contributed by atoms with E-state index >= 15 is 0 Å². The lowest BCUT2D eigenvalue weighted by Gasteiger charge is -2.36. The zero-order valence-corrected chi connectivity index (χ0v) is 20.1. The smallest absolute Gasteiger partial charge is 0.239 e. The van der Waals surface area contributed by atoms with Gasteiger partial charge in [-0.05, 0) is 33.6 Å². The van der Waals surface area contributed by atoms with Crippen molar-refractivity contribution in [1.29, 1.82) is 0 Å². The van der Waals surface area contributed by atoms with Crippen LogP contribution in [0.3, 0.4) is 0 Å². The molecule has 1 fully saturated rings. The largest absolute Gasteiger partial charge is 0.383 e. The lowest BCUT2D eigenvalue weighted by Crippen LogP contribution is -2.53. The molecule has 0 aliphatic carbocycles. The second kappa shape index (κ2) is 13.3. The number of carbonyl (C=O) groups excluding carboxylic acids is 1. The van der Waals surface area contributed by atoms with E-state index in [1.807, 2.05) is 6.07 Å². The molecule has 1 aromatic rings. The van der Waals surface area contributed by atoms with E-state index in [9.17, 15) is 9.18 Å². The van der Waals surface area contributed by atoms with Gasteiger partial charge in [0.05, 0.1) is 17.6 Å². The molecule has 0 radical (unpaired) electrons. The van der Waals surface area contributed by atoms with Crippen LogP contribution in [-0.4, -0.2) is 81.7 Å². The molecule has 0 bridgehead atoms. The number of nitrogens with one attached hydrogen (secondary N) is 2. The van der Waals surface area contributed by atoms with Gasteiger partial charge in [0.25, 0.3) is 0 Å². The number of carbonyl (C=O) groups is 1. The molecule has 0 saturated carbocycles. The van der Waals surface area contributed by atoms with Gasteiger partial charge >= 0.3 is 0 Å². The molecule has 1 aliphatic heterocycles. The van der Waals surface area contributed by atoms with Crippen molar-refractivity contribution in [3.63, 3.8) is 0 Å². The molecule has 1 amide bonds. The Balaban J connectivity index is 0.00000392. The van der Waals surface area contributed by atoms with Crippen LogP contribution in [0.25, 0.3) is 0 Å². The summed E-state index contributed by atoms with van der Waals surface area (Å²) in [6.07, 6.45) is 0. The molecule has 1 heterocycles. The number of benzene rings is 1. The van der Waals surface area contributed by atoms with Gasteiger partial charge in [0.1, 0.15) is 5.82 Å². The number of hydrogen-bond donors (Lipinski definition) is 2. The number of piperazine rings is 1.